The highest BCUT2D eigenvalue weighted by Gasteiger charge is 2.14. The van der Waals surface area contributed by atoms with E-state index in [0.717, 1.165) is 0 Å². The van der Waals surface area contributed by atoms with Crippen LogP contribution in [0.3, 0.4) is 0 Å². The van der Waals surface area contributed by atoms with E-state index in [4.69, 9.17) is 5.11 Å². The molecule has 0 aromatic rings. The van der Waals surface area contributed by atoms with Gasteiger partial charge in [-0.25, -0.2) is 4.79 Å². The van der Waals surface area contributed by atoms with Crippen LogP contribution < -0.4 is 5.32 Å². The molecule has 0 rings (SSSR count). The summed E-state index contributed by atoms with van der Waals surface area (Å²) in [4.78, 5) is 20.5. The predicted octanol–water partition coefficient (Wildman–Crippen LogP) is 0.154. The molecule has 2 N–H and O–H groups in total. The summed E-state index contributed by atoms with van der Waals surface area (Å²) in [6.07, 6.45) is 0. The minimum Gasteiger partial charge on any atom is -0.480 e. The maximum absolute atomic E-state index is 10.3. The van der Waals surface area contributed by atoms with Gasteiger partial charge in [0.25, 0.3) is 0 Å². The van der Waals surface area contributed by atoms with Crippen LogP contribution in [0.15, 0.2) is 0 Å². The van der Waals surface area contributed by atoms with Gasteiger partial charge in [0.05, 0.1) is 0 Å². The molecule has 4 nitrogen and oxygen atoms in total. The first kappa shape index (κ1) is 13.2. The Morgan fingerprint density at radius 3 is 2.18 bits per heavy atom. The number of carboxylic acids is 1. The third-order valence-electron chi connectivity index (χ3n) is 0.858. The van der Waals surface area contributed by atoms with Crippen LogP contribution in [0.2, 0.25) is 0 Å². The molecule has 0 aromatic carbocycles. The second-order valence-corrected chi connectivity index (χ2v) is 2.14. The third-order valence-corrected chi connectivity index (χ3v) is 1.22. The van der Waals surface area contributed by atoms with Gasteiger partial charge in [-0.2, -0.15) is 12.6 Å². The largest absolute Gasteiger partial charge is 0.480 e. The summed E-state index contributed by atoms with van der Waals surface area (Å²) in [7, 11) is 0. The highest BCUT2D eigenvalue weighted by atomic mass is 32.1. The van der Waals surface area contributed by atoms with Crippen molar-refractivity contribution in [1.29, 1.82) is 0 Å². The molecule has 6 heteroatoms. The van der Waals surface area contributed by atoms with Crippen molar-refractivity contribution in [2.24, 2.45) is 0 Å². The summed E-state index contributed by atoms with van der Waals surface area (Å²) < 4.78 is 0. The third kappa shape index (κ3) is 6.05. The highest BCUT2D eigenvalue weighted by molar-refractivity contribution is 7.80. The van der Waals surface area contributed by atoms with E-state index in [-0.39, 0.29) is 25.2 Å². The lowest BCUT2D eigenvalue weighted by Gasteiger charge is -2.08. The van der Waals surface area contributed by atoms with Gasteiger partial charge >= 0.3 is 5.97 Å². The Bertz CT molecular complexity index is 151. The Labute approximate surface area is 77.2 Å². The number of carboxylic acid groups (broad SMARTS) is 1. The molecule has 0 saturated carbocycles. The summed E-state index contributed by atoms with van der Waals surface area (Å²) in [5, 5.41) is 10.6. The number of hydrogen-bond donors (Lipinski definition) is 3. The van der Waals surface area contributed by atoms with Crippen molar-refractivity contribution in [3.63, 3.8) is 0 Å². The van der Waals surface area contributed by atoms with Crippen molar-refractivity contribution < 1.29 is 14.7 Å². The van der Waals surface area contributed by atoms with E-state index < -0.39 is 12.0 Å². The molecular weight excluding hydrogens is 186 g/mol. The molecule has 0 aromatic heterocycles. The SMILES string of the molecule is CC(=O)N[C@@H](CS)C(=O)O.[S]. The number of thiol groups is 1. The van der Waals surface area contributed by atoms with Crippen molar-refractivity contribution in [1.82, 2.24) is 5.32 Å². The molecule has 0 aliphatic heterocycles. The van der Waals surface area contributed by atoms with Gasteiger partial charge in [0.1, 0.15) is 6.04 Å². The molecule has 0 aliphatic rings. The Balaban J connectivity index is 0. The summed E-state index contributed by atoms with van der Waals surface area (Å²) in [6.45, 7) is 1.26. The second-order valence-electron chi connectivity index (χ2n) is 1.77. The monoisotopic (exact) mass is 195 g/mol. The highest BCUT2D eigenvalue weighted by Crippen LogP contribution is 1.86. The molecule has 11 heavy (non-hydrogen) atoms. The van der Waals surface area contributed by atoms with Gasteiger partial charge in [0, 0.05) is 26.2 Å². The molecule has 64 valence electrons. The van der Waals surface area contributed by atoms with E-state index in [1.807, 2.05) is 0 Å². The van der Waals surface area contributed by atoms with Crippen LogP contribution in [-0.4, -0.2) is 28.8 Å². The fourth-order valence-electron chi connectivity index (χ4n) is 0.431. The number of rotatable bonds is 3. The number of carbonyl (C=O) groups is 2. The van der Waals surface area contributed by atoms with E-state index in [2.05, 4.69) is 17.9 Å². The van der Waals surface area contributed by atoms with E-state index in [1.165, 1.54) is 6.92 Å². The van der Waals surface area contributed by atoms with E-state index in [0.29, 0.717) is 0 Å². The molecule has 0 bridgehead atoms. The maximum atomic E-state index is 10.3. The van der Waals surface area contributed by atoms with Crippen LogP contribution in [0.25, 0.3) is 0 Å². The standard InChI is InChI=1S/C5H9NO3S.S/c1-3(7)6-4(2-10)5(8)9;/h4,10H,2H2,1H3,(H,6,7)(H,8,9);/t4-;/m0./s1. The fourth-order valence-corrected chi connectivity index (χ4v) is 0.678. The molecule has 0 spiro atoms. The zero-order valence-electron chi connectivity index (χ0n) is 5.90. The Hall–Kier alpha value is -0.360. The molecule has 0 saturated heterocycles. The minimum absolute atomic E-state index is 0. The average molecular weight is 195 g/mol. The van der Waals surface area contributed by atoms with Crippen LogP contribution in [0.1, 0.15) is 6.92 Å². The van der Waals surface area contributed by atoms with Gasteiger partial charge in [0.2, 0.25) is 5.91 Å². The Kier molecular flexibility index (Phi) is 7.65. The van der Waals surface area contributed by atoms with Crippen LogP contribution >= 0.6 is 26.1 Å². The zero-order chi connectivity index (χ0) is 8.15. The molecule has 1 amide bonds. The first-order chi connectivity index (χ1) is 4.57. The van der Waals surface area contributed by atoms with Crippen LogP contribution in [-0.2, 0) is 9.59 Å². The van der Waals surface area contributed by atoms with Crippen LogP contribution in [0.4, 0.5) is 0 Å². The topological polar surface area (TPSA) is 66.4 Å². The first-order valence-corrected chi connectivity index (χ1v) is 3.32. The van der Waals surface area contributed by atoms with Gasteiger partial charge in [-0.15, -0.1) is 0 Å². The van der Waals surface area contributed by atoms with E-state index in [1.54, 1.807) is 0 Å². The number of amides is 1. The summed E-state index contributed by atoms with van der Waals surface area (Å²) in [6, 6.07) is -0.874. The Morgan fingerprint density at radius 2 is 2.09 bits per heavy atom. The maximum Gasteiger partial charge on any atom is 0.327 e. The van der Waals surface area contributed by atoms with Crippen molar-refractivity contribution >= 4 is 38.0 Å². The van der Waals surface area contributed by atoms with Gasteiger partial charge < -0.3 is 10.4 Å². The van der Waals surface area contributed by atoms with Crippen molar-refractivity contribution in [2.45, 2.75) is 13.0 Å². The quantitative estimate of drug-likeness (QED) is 0.562. The molecule has 0 fully saturated rings. The average Bonchev–Trinajstić information content (AvgIpc) is 1.81. The second kappa shape index (κ2) is 6.36. The summed E-state index contributed by atoms with van der Waals surface area (Å²) in [5.74, 6) is -1.32. The van der Waals surface area contributed by atoms with E-state index >= 15 is 0 Å². The fraction of sp³-hybridized carbons (Fsp3) is 0.600. The molecule has 0 aliphatic carbocycles. The summed E-state index contributed by atoms with van der Waals surface area (Å²) >= 11 is 3.73. The molecular formula is C5H9NO3S2. The summed E-state index contributed by atoms with van der Waals surface area (Å²) in [5.41, 5.74) is 0. The van der Waals surface area contributed by atoms with E-state index in [9.17, 15) is 9.59 Å². The lowest BCUT2D eigenvalue weighted by Crippen LogP contribution is -2.40. The van der Waals surface area contributed by atoms with Crippen molar-refractivity contribution in [3.8, 4) is 0 Å². The molecule has 2 radical (unpaired) electrons. The lowest BCUT2D eigenvalue weighted by atomic mass is 10.3. The van der Waals surface area contributed by atoms with Gasteiger partial charge in [-0.05, 0) is 0 Å². The normalized spacial score (nSPS) is 11.1. The number of carbonyl (C=O) groups excluding carboxylic acids is 1. The number of aliphatic carboxylic acids is 1. The number of nitrogens with one attached hydrogen (secondary N) is 1. The van der Waals surface area contributed by atoms with Gasteiger partial charge in [-0.1, -0.05) is 0 Å². The minimum atomic E-state index is -1.06. The predicted molar refractivity (Wildman–Crippen MR) is 46.7 cm³/mol. The molecule has 0 heterocycles. The molecule has 0 unspecified atom stereocenters. The number of hydrogen-bond acceptors (Lipinski definition) is 3. The van der Waals surface area contributed by atoms with Gasteiger partial charge in [0.15, 0.2) is 0 Å². The van der Waals surface area contributed by atoms with Crippen molar-refractivity contribution in [2.75, 3.05) is 5.75 Å². The zero-order valence-corrected chi connectivity index (χ0v) is 7.61. The van der Waals surface area contributed by atoms with Crippen molar-refractivity contribution in [3.05, 3.63) is 0 Å². The lowest BCUT2D eigenvalue weighted by molar-refractivity contribution is -0.140. The molecule has 1 atom stereocenters. The Morgan fingerprint density at radius 1 is 1.64 bits per heavy atom. The smallest absolute Gasteiger partial charge is 0.327 e. The van der Waals surface area contributed by atoms with Crippen LogP contribution in [0, 0.1) is 0 Å². The van der Waals surface area contributed by atoms with Gasteiger partial charge in [-0.3, -0.25) is 4.79 Å². The van der Waals surface area contributed by atoms with Crippen LogP contribution in [0.5, 0.6) is 0 Å². The first-order valence-electron chi connectivity index (χ1n) is 2.68.